The Morgan fingerprint density at radius 3 is 2.25 bits per heavy atom. The average Bonchev–Trinajstić information content (AvgIpc) is 2.72. The first-order valence-electron chi connectivity index (χ1n) is 6.57. The van der Waals surface area contributed by atoms with Crippen LogP contribution in [-0.2, 0) is 23.9 Å². The number of hydrogen-bond acceptors (Lipinski definition) is 5. The number of carbonyl (C=O) groups is 4. The lowest BCUT2D eigenvalue weighted by atomic mass is 10.0. The van der Waals surface area contributed by atoms with E-state index < -0.39 is 12.0 Å². The van der Waals surface area contributed by atoms with Gasteiger partial charge >= 0.3 is 5.97 Å². The van der Waals surface area contributed by atoms with Crippen LogP contribution in [-0.4, -0.2) is 48.3 Å². The number of ether oxygens (including phenoxy) is 1. The Hall–Kier alpha value is -1.92. The van der Waals surface area contributed by atoms with Gasteiger partial charge in [0.25, 0.3) is 0 Å². The molecular formula is C13H20N2O5. The van der Waals surface area contributed by atoms with E-state index in [4.69, 9.17) is 0 Å². The van der Waals surface area contributed by atoms with E-state index >= 15 is 0 Å². The number of amides is 3. The molecule has 1 unspecified atom stereocenters. The summed E-state index contributed by atoms with van der Waals surface area (Å²) >= 11 is 0. The number of methoxy groups -OCH3 is 1. The molecule has 1 aliphatic heterocycles. The maximum absolute atomic E-state index is 11.8. The van der Waals surface area contributed by atoms with Crippen LogP contribution in [0, 0.1) is 5.92 Å². The fraction of sp³-hybridized carbons (Fsp3) is 0.692. The molecule has 0 aromatic rings. The third-order valence-electron chi connectivity index (χ3n) is 3.16. The molecule has 1 atom stereocenters. The number of esters is 1. The van der Waals surface area contributed by atoms with E-state index in [0.29, 0.717) is 0 Å². The van der Waals surface area contributed by atoms with Gasteiger partial charge < -0.3 is 10.1 Å². The maximum Gasteiger partial charge on any atom is 0.328 e. The van der Waals surface area contributed by atoms with Gasteiger partial charge in [-0.2, -0.15) is 0 Å². The summed E-state index contributed by atoms with van der Waals surface area (Å²) in [6, 6.07) is -0.725. The topological polar surface area (TPSA) is 92.8 Å². The van der Waals surface area contributed by atoms with Gasteiger partial charge in [-0.15, -0.1) is 0 Å². The van der Waals surface area contributed by atoms with Crippen LogP contribution < -0.4 is 5.32 Å². The lowest BCUT2D eigenvalue weighted by molar-refractivity contribution is -0.147. The molecule has 1 aliphatic rings. The third-order valence-corrected chi connectivity index (χ3v) is 3.16. The first-order valence-corrected chi connectivity index (χ1v) is 6.57. The Kier molecular flexibility index (Phi) is 5.66. The van der Waals surface area contributed by atoms with Crippen molar-refractivity contribution in [3.8, 4) is 0 Å². The second-order valence-corrected chi connectivity index (χ2v) is 5.00. The van der Waals surface area contributed by atoms with E-state index in [9.17, 15) is 19.2 Å². The molecule has 0 bridgehead atoms. The normalized spacial score (nSPS) is 16.5. The van der Waals surface area contributed by atoms with E-state index in [2.05, 4.69) is 10.1 Å². The van der Waals surface area contributed by atoms with Crippen molar-refractivity contribution in [3.63, 3.8) is 0 Å². The molecule has 1 rings (SSSR count). The molecule has 1 fully saturated rings. The molecule has 7 heteroatoms. The number of nitrogens with one attached hydrogen (secondary N) is 1. The summed E-state index contributed by atoms with van der Waals surface area (Å²) in [6.45, 7) is 3.63. The Morgan fingerprint density at radius 1 is 1.25 bits per heavy atom. The first-order chi connectivity index (χ1) is 9.36. The van der Waals surface area contributed by atoms with E-state index in [1.807, 2.05) is 0 Å². The van der Waals surface area contributed by atoms with E-state index in [0.717, 1.165) is 4.90 Å². The number of carbonyl (C=O) groups excluding carboxylic acids is 4. The molecule has 0 aromatic heterocycles. The Balaban J connectivity index is 2.48. The minimum absolute atomic E-state index is 0.0162. The Morgan fingerprint density at radius 2 is 1.80 bits per heavy atom. The van der Waals surface area contributed by atoms with Gasteiger partial charge in [0.1, 0.15) is 6.04 Å². The van der Waals surface area contributed by atoms with Gasteiger partial charge in [-0.05, 0) is 5.92 Å². The molecule has 20 heavy (non-hydrogen) atoms. The maximum atomic E-state index is 11.8. The molecule has 0 spiro atoms. The summed E-state index contributed by atoms with van der Waals surface area (Å²) in [4.78, 5) is 47.1. The second kappa shape index (κ2) is 7.02. The van der Waals surface area contributed by atoms with Crippen LogP contribution in [0.25, 0.3) is 0 Å². The monoisotopic (exact) mass is 284 g/mol. The molecule has 1 N–H and O–H groups in total. The van der Waals surface area contributed by atoms with Gasteiger partial charge in [-0.1, -0.05) is 13.8 Å². The van der Waals surface area contributed by atoms with Gasteiger partial charge in [0.05, 0.1) is 7.11 Å². The minimum atomic E-state index is -0.725. The summed E-state index contributed by atoms with van der Waals surface area (Å²) in [7, 11) is 1.26. The van der Waals surface area contributed by atoms with E-state index in [1.54, 1.807) is 13.8 Å². The van der Waals surface area contributed by atoms with Gasteiger partial charge in [-0.3, -0.25) is 19.3 Å². The van der Waals surface area contributed by atoms with Gasteiger partial charge in [-0.25, -0.2) is 4.79 Å². The average molecular weight is 284 g/mol. The van der Waals surface area contributed by atoms with E-state index in [-0.39, 0.29) is 49.4 Å². The van der Waals surface area contributed by atoms with Crippen molar-refractivity contribution in [3.05, 3.63) is 0 Å². The zero-order valence-electron chi connectivity index (χ0n) is 12.0. The van der Waals surface area contributed by atoms with Crippen LogP contribution in [0.15, 0.2) is 0 Å². The van der Waals surface area contributed by atoms with Crippen molar-refractivity contribution in [2.75, 3.05) is 13.7 Å². The van der Waals surface area contributed by atoms with Crippen molar-refractivity contribution in [2.45, 2.75) is 39.2 Å². The summed E-state index contributed by atoms with van der Waals surface area (Å²) in [5, 5.41) is 2.56. The molecule has 0 radical (unpaired) electrons. The number of rotatable bonds is 6. The SMILES string of the molecule is COC(=O)C(NC(=O)CCN1C(=O)CCC1=O)C(C)C. The zero-order valence-corrected chi connectivity index (χ0v) is 12.0. The molecule has 0 aromatic carbocycles. The molecular weight excluding hydrogens is 264 g/mol. The van der Waals surface area contributed by atoms with Gasteiger partial charge in [0.2, 0.25) is 17.7 Å². The van der Waals surface area contributed by atoms with Crippen LogP contribution in [0.1, 0.15) is 33.1 Å². The Bertz CT molecular complexity index is 403. The molecule has 7 nitrogen and oxygen atoms in total. The molecule has 3 amide bonds. The lowest BCUT2D eigenvalue weighted by Gasteiger charge is -2.20. The molecule has 1 heterocycles. The van der Waals surface area contributed by atoms with Crippen molar-refractivity contribution in [1.82, 2.24) is 10.2 Å². The van der Waals surface area contributed by atoms with Gasteiger partial charge in [0, 0.05) is 25.8 Å². The van der Waals surface area contributed by atoms with Crippen LogP contribution in [0.3, 0.4) is 0 Å². The molecule has 1 saturated heterocycles. The number of hydrogen-bond donors (Lipinski definition) is 1. The predicted octanol–water partition coefficient (Wildman–Crippen LogP) is -0.161. The van der Waals surface area contributed by atoms with E-state index in [1.165, 1.54) is 7.11 Å². The number of likely N-dealkylation sites (tertiary alicyclic amines) is 1. The minimum Gasteiger partial charge on any atom is -0.467 e. The summed E-state index contributed by atoms with van der Waals surface area (Å²) in [5.41, 5.74) is 0. The quantitative estimate of drug-likeness (QED) is 0.540. The molecule has 112 valence electrons. The standard InChI is InChI=1S/C13H20N2O5/c1-8(2)12(13(19)20-3)14-9(16)6-7-15-10(17)4-5-11(15)18/h8,12H,4-7H2,1-3H3,(H,14,16). The third kappa shape index (κ3) is 4.04. The zero-order chi connectivity index (χ0) is 15.3. The fourth-order valence-electron chi connectivity index (χ4n) is 1.96. The fourth-order valence-corrected chi connectivity index (χ4v) is 1.96. The van der Waals surface area contributed by atoms with Crippen LogP contribution in [0.2, 0.25) is 0 Å². The van der Waals surface area contributed by atoms with Crippen LogP contribution >= 0.6 is 0 Å². The van der Waals surface area contributed by atoms with Crippen molar-refractivity contribution >= 4 is 23.7 Å². The smallest absolute Gasteiger partial charge is 0.328 e. The summed E-state index contributed by atoms with van der Waals surface area (Å²) in [6.07, 6.45) is 0.395. The highest BCUT2D eigenvalue weighted by Gasteiger charge is 2.30. The number of imide groups is 1. The molecule has 0 aliphatic carbocycles. The largest absolute Gasteiger partial charge is 0.467 e. The van der Waals surface area contributed by atoms with Gasteiger partial charge in [0.15, 0.2) is 0 Å². The number of nitrogens with zero attached hydrogens (tertiary/aromatic N) is 1. The summed E-state index contributed by atoms with van der Waals surface area (Å²) in [5.74, 6) is -1.52. The second-order valence-electron chi connectivity index (χ2n) is 5.00. The Labute approximate surface area is 117 Å². The van der Waals surface area contributed by atoms with Crippen molar-refractivity contribution in [2.24, 2.45) is 5.92 Å². The van der Waals surface area contributed by atoms with Crippen LogP contribution in [0.5, 0.6) is 0 Å². The highest BCUT2D eigenvalue weighted by molar-refractivity contribution is 6.02. The molecule has 0 saturated carbocycles. The first kappa shape index (κ1) is 16.1. The van der Waals surface area contributed by atoms with Crippen LogP contribution in [0.4, 0.5) is 0 Å². The van der Waals surface area contributed by atoms with Crippen molar-refractivity contribution < 1.29 is 23.9 Å². The highest BCUT2D eigenvalue weighted by Crippen LogP contribution is 2.12. The highest BCUT2D eigenvalue weighted by atomic mass is 16.5. The van der Waals surface area contributed by atoms with Crippen molar-refractivity contribution in [1.29, 1.82) is 0 Å². The summed E-state index contributed by atoms with van der Waals surface area (Å²) < 4.78 is 4.61. The lowest BCUT2D eigenvalue weighted by Crippen LogP contribution is -2.46. The predicted molar refractivity (Wildman–Crippen MR) is 69.4 cm³/mol.